The largest absolute Gasteiger partial charge is 0.292 e. The van der Waals surface area contributed by atoms with Crippen LogP contribution in [0, 0.1) is 11.6 Å². The highest BCUT2D eigenvalue weighted by atomic mass is 79.9. The zero-order chi connectivity index (χ0) is 15.1. The summed E-state index contributed by atoms with van der Waals surface area (Å²) < 4.78 is 30.4. The van der Waals surface area contributed by atoms with Gasteiger partial charge < -0.3 is 0 Å². The molecule has 3 aromatic rings. The monoisotopic (exact) mass is 434 g/mol. The molecule has 0 saturated heterocycles. The van der Waals surface area contributed by atoms with Gasteiger partial charge in [0.15, 0.2) is 0 Å². The van der Waals surface area contributed by atoms with Gasteiger partial charge in [-0.15, -0.1) is 11.6 Å². The van der Waals surface area contributed by atoms with E-state index in [9.17, 15) is 8.78 Å². The SMILES string of the molecule is Fc1cc2nc(CCl)n(-c3cc(Br)ccc3F)c2cc1Br. The van der Waals surface area contributed by atoms with Crippen LogP contribution < -0.4 is 0 Å². The van der Waals surface area contributed by atoms with Crippen molar-refractivity contribution in [3.05, 3.63) is 56.7 Å². The van der Waals surface area contributed by atoms with E-state index >= 15 is 0 Å². The van der Waals surface area contributed by atoms with Crippen LogP contribution in [0.4, 0.5) is 8.78 Å². The van der Waals surface area contributed by atoms with Crippen LogP contribution in [0.1, 0.15) is 5.82 Å². The van der Waals surface area contributed by atoms with Crippen molar-refractivity contribution in [2.75, 3.05) is 0 Å². The summed E-state index contributed by atoms with van der Waals surface area (Å²) in [7, 11) is 0. The standard InChI is InChI=1S/C14H7Br2ClF2N2/c15-7-1-2-9(18)12(3-7)21-13-4-8(16)10(19)5-11(13)20-14(21)6-17/h1-5H,6H2. The molecule has 0 aliphatic rings. The quantitative estimate of drug-likeness (QED) is 0.481. The van der Waals surface area contributed by atoms with E-state index in [2.05, 4.69) is 36.8 Å². The third kappa shape index (κ3) is 2.60. The molecule has 108 valence electrons. The Hall–Kier alpha value is -0.980. The number of rotatable bonds is 2. The Kier molecular flexibility index (Phi) is 4.03. The predicted octanol–water partition coefficient (Wildman–Crippen LogP) is 5.57. The molecule has 0 unspecified atom stereocenters. The molecule has 0 fully saturated rings. The van der Waals surface area contributed by atoms with E-state index in [1.807, 2.05) is 0 Å². The zero-order valence-electron chi connectivity index (χ0n) is 10.4. The Morgan fingerprint density at radius 1 is 1.10 bits per heavy atom. The van der Waals surface area contributed by atoms with Gasteiger partial charge in [0.2, 0.25) is 0 Å². The van der Waals surface area contributed by atoms with Gasteiger partial charge >= 0.3 is 0 Å². The van der Waals surface area contributed by atoms with Gasteiger partial charge in [0.05, 0.1) is 27.1 Å². The van der Waals surface area contributed by atoms with Crippen molar-refractivity contribution >= 4 is 54.5 Å². The highest BCUT2D eigenvalue weighted by molar-refractivity contribution is 9.10. The summed E-state index contributed by atoms with van der Waals surface area (Å²) >= 11 is 12.4. The van der Waals surface area contributed by atoms with Crippen LogP contribution in [-0.2, 0) is 5.88 Å². The van der Waals surface area contributed by atoms with E-state index in [4.69, 9.17) is 11.6 Å². The number of fused-ring (bicyclic) bond motifs is 1. The van der Waals surface area contributed by atoms with Crippen LogP contribution in [-0.4, -0.2) is 9.55 Å². The smallest absolute Gasteiger partial charge is 0.147 e. The van der Waals surface area contributed by atoms with E-state index in [0.717, 1.165) is 4.47 Å². The fourth-order valence-corrected chi connectivity index (χ4v) is 3.00. The fraction of sp³-hybridized carbons (Fsp3) is 0.0714. The van der Waals surface area contributed by atoms with E-state index < -0.39 is 11.6 Å². The summed E-state index contributed by atoms with van der Waals surface area (Å²) in [5.41, 5.74) is 1.31. The van der Waals surface area contributed by atoms with E-state index in [0.29, 0.717) is 22.5 Å². The summed E-state index contributed by atoms with van der Waals surface area (Å²) in [6.45, 7) is 0. The molecule has 0 spiro atoms. The molecule has 21 heavy (non-hydrogen) atoms. The summed E-state index contributed by atoms with van der Waals surface area (Å²) in [5, 5.41) is 0. The molecular weight excluding hydrogens is 429 g/mol. The molecule has 0 aliphatic carbocycles. The van der Waals surface area contributed by atoms with Crippen molar-refractivity contribution in [2.24, 2.45) is 0 Å². The molecule has 0 N–H and O–H groups in total. The van der Waals surface area contributed by atoms with Crippen molar-refractivity contribution in [2.45, 2.75) is 5.88 Å². The van der Waals surface area contributed by atoms with Gasteiger partial charge in [-0.1, -0.05) is 15.9 Å². The lowest BCUT2D eigenvalue weighted by atomic mass is 10.2. The van der Waals surface area contributed by atoms with Gasteiger partial charge in [0.1, 0.15) is 17.5 Å². The van der Waals surface area contributed by atoms with Crippen molar-refractivity contribution in [1.82, 2.24) is 9.55 Å². The number of aromatic nitrogens is 2. The molecule has 0 radical (unpaired) electrons. The highest BCUT2D eigenvalue weighted by Gasteiger charge is 2.17. The molecule has 1 heterocycles. The number of imidazole rings is 1. The van der Waals surface area contributed by atoms with Crippen LogP contribution >= 0.6 is 43.5 Å². The average molecular weight is 436 g/mol. The lowest BCUT2D eigenvalue weighted by Gasteiger charge is -2.10. The van der Waals surface area contributed by atoms with Crippen molar-refractivity contribution < 1.29 is 8.78 Å². The summed E-state index contributed by atoms with van der Waals surface area (Å²) in [6.07, 6.45) is 0. The highest BCUT2D eigenvalue weighted by Crippen LogP contribution is 2.29. The van der Waals surface area contributed by atoms with Crippen LogP contribution in [0.25, 0.3) is 16.7 Å². The second-order valence-electron chi connectivity index (χ2n) is 4.35. The molecule has 2 nitrogen and oxygen atoms in total. The lowest BCUT2D eigenvalue weighted by Crippen LogP contribution is -2.02. The normalized spacial score (nSPS) is 11.3. The Bertz CT molecular complexity index is 849. The molecular formula is C14H7Br2ClF2N2. The summed E-state index contributed by atoms with van der Waals surface area (Å²) in [5.74, 6) is -0.312. The summed E-state index contributed by atoms with van der Waals surface area (Å²) in [6, 6.07) is 7.44. The van der Waals surface area contributed by atoms with Gasteiger partial charge in [-0.05, 0) is 40.2 Å². The first-order valence-corrected chi connectivity index (χ1v) is 8.01. The van der Waals surface area contributed by atoms with E-state index in [1.54, 1.807) is 22.8 Å². The van der Waals surface area contributed by atoms with Crippen molar-refractivity contribution in [3.8, 4) is 5.69 Å². The first-order valence-electron chi connectivity index (χ1n) is 5.89. The lowest BCUT2D eigenvalue weighted by molar-refractivity contribution is 0.617. The molecule has 2 aromatic carbocycles. The maximum Gasteiger partial charge on any atom is 0.147 e. The fourth-order valence-electron chi connectivity index (χ4n) is 2.14. The molecule has 0 amide bonds. The number of alkyl halides is 1. The minimum atomic E-state index is -0.428. The minimum absolute atomic E-state index is 0.0832. The molecule has 0 aliphatic heterocycles. The Balaban J connectivity index is 2.40. The van der Waals surface area contributed by atoms with Gasteiger partial charge in [-0.3, -0.25) is 4.57 Å². The Labute approximate surface area is 141 Å². The predicted molar refractivity (Wildman–Crippen MR) is 85.9 cm³/mol. The number of benzene rings is 2. The second-order valence-corrected chi connectivity index (χ2v) is 6.39. The van der Waals surface area contributed by atoms with Crippen LogP contribution in [0.2, 0.25) is 0 Å². The molecule has 3 rings (SSSR count). The van der Waals surface area contributed by atoms with Gasteiger partial charge in [0, 0.05) is 10.5 Å². The third-order valence-electron chi connectivity index (χ3n) is 3.03. The third-order valence-corrected chi connectivity index (χ3v) is 4.37. The maximum absolute atomic E-state index is 14.2. The Morgan fingerprint density at radius 3 is 2.57 bits per heavy atom. The summed E-state index contributed by atoms with van der Waals surface area (Å²) in [4.78, 5) is 4.27. The van der Waals surface area contributed by atoms with Gasteiger partial charge in [-0.2, -0.15) is 0 Å². The molecule has 7 heteroatoms. The molecule has 0 bridgehead atoms. The van der Waals surface area contributed by atoms with Gasteiger partial charge in [-0.25, -0.2) is 13.8 Å². The van der Waals surface area contributed by atoms with E-state index in [1.165, 1.54) is 12.1 Å². The number of nitrogens with zero attached hydrogens (tertiary/aromatic N) is 2. The number of hydrogen-bond acceptors (Lipinski definition) is 1. The van der Waals surface area contributed by atoms with Crippen molar-refractivity contribution in [1.29, 1.82) is 0 Å². The second kappa shape index (κ2) is 5.66. The minimum Gasteiger partial charge on any atom is -0.292 e. The average Bonchev–Trinajstić information content (AvgIpc) is 2.79. The number of halogens is 5. The molecule has 0 atom stereocenters. The van der Waals surface area contributed by atoms with Crippen LogP contribution in [0.15, 0.2) is 39.3 Å². The van der Waals surface area contributed by atoms with Crippen molar-refractivity contribution in [3.63, 3.8) is 0 Å². The van der Waals surface area contributed by atoms with Gasteiger partial charge in [0.25, 0.3) is 0 Å². The zero-order valence-corrected chi connectivity index (χ0v) is 14.3. The Morgan fingerprint density at radius 2 is 1.86 bits per heavy atom. The van der Waals surface area contributed by atoms with Crippen LogP contribution in [0.5, 0.6) is 0 Å². The first kappa shape index (κ1) is 14.9. The molecule has 0 saturated carbocycles. The maximum atomic E-state index is 14.2. The number of hydrogen-bond donors (Lipinski definition) is 0. The topological polar surface area (TPSA) is 17.8 Å². The van der Waals surface area contributed by atoms with Crippen LogP contribution in [0.3, 0.4) is 0 Å². The van der Waals surface area contributed by atoms with E-state index in [-0.39, 0.29) is 10.4 Å². The molecule has 1 aromatic heterocycles. The first-order chi connectivity index (χ1) is 10.0.